The van der Waals surface area contributed by atoms with E-state index in [1.165, 1.54) is 11.3 Å². The average Bonchev–Trinajstić information content (AvgIpc) is 3.09. The number of aromatic nitrogens is 3. The lowest BCUT2D eigenvalue weighted by Crippen LogP contribution is -2.01. The zero-order valence-corrected chi connectivity index (χ0v) is 12.0. The highest BCUT2D eigenvalue weighted by Crippen LogP contribution is 2.28. The number of hydrogen-bond donors (Lipinski definition) is 2. The lowest BCUT2D eigenvalue weighted by molar-refractivity contribution is 0.0692. The average molecular weight is 300 g/mol. The van der Waals surface area contributed by atoms with Crippen molar-refractivity contribution in [2.75, 3.05) is 5.32 Å². The van der Waals surface area contributed by atoms with E-state index in [-0.39, 0.29) is 5.69 Å². The summed E-state index contributed by atoms with van der Waals surface area (Å²) < 4.78 is 1.88. The Balaban J connectivity index is 1.92. The van der Waals surface area contributed by atoms with Crippen molar-refractivity contribution in [1.82, 2.24) is 14.5 Å². The Kier molecular flexibility index (Phi) is 3.41. The van der Waals surface area contributed by atoms with Gasteiger partial charge in [0, 0.05) is 23.8 Å². The van der Waals surface area contributed by atoms with Crippen molar-refractivity contribution in [3.63, 3.8) is 0 Å². The molecule has 1 aromatic carbocycles. The van der Waals surface area contributed by atoms with Gasteiger partial charge in [0.25, 0.3) is 0 Å². The molecule has 0 amide bonds. The van der Waals surface area contributed by atoms with E-state index < -0.39 is 5.97 Å². The van der Waals surface area contributed by atoms with Gasteiger partial charge in [0.15, 0.2) is 5.69 Å². The summed E-state index contributed by atoms with van der Waals surface area (Å²) in [6.07, 6.45) is 5.26. The highest BCUT2D eigenvalue weighted by molar-refractivity contribution is 7.16. The summed E-state index contributed by atoms with van der Waals surface area (Å²) in [6.45, 7) is 1.78. The number of carboxylic acid groups (broad SMARTS) is 1. The van der Waals surface area contributed by atoms with Gasteiger partial charge in [-0.25, -0.2) is 14.8 Å². The summed E-state index contributed by atoms with van der Waals surface area (Å²) >= 11 is 1.32. The fourth-order valence-corrected chi connectivity index (χ4v) is 2.77. The number of aromatic carboxylic acids is 1. The second kappa shape index (κ2) is 5.37. The minimum absolute atomic E-state index is 0.0468. The Morgan fingerprint density at radius 2 is 2.29 bits per heavy atom. The zero-order chi connectivity index (χ0) is 14.8. The van der Waals surface area contributed by atoms with Gasteiger partial charge >= 0.3 is 5.97 Å². The zero-order valence-electron chi connectivity index (χ0n) is 11.1. The van der Waals surface area contributed by atoms with Gasteiger partial charge in [-0.3, -0.25) is 0 Å². The summed E-state index contributed by atoms with van der Waals surface area (Å²) in [7, 11) is 0. The third-order valence-corrected chi connectivity index (χ3v) is 3.73. The minimum atomic E-state index is -1.03. The van der Waals surface area contributed by atoms with Crippen LogP contribution in [-0.2, 0) is 0 Å². The van der Waals surface area contributed by atoms with Crippen LogP contribution >= 0.6 is 11.3 Å². The molecule has 2 aromatic heterocycles. The summed E-state index contributed by atoms with van der Waals surface area (Å²) in [6, 6.07) is 7.64. The number of hydrogen-bond acceptors (Lipinski definition) is 5. The predicted octanol–water partition coefficient (Wildman–Crippen LogP) is 3.08. The van der Waals surface area contributed by atoms with E-state index >= 15 is 0 Å². The number of rotatable bonds is 4. The van der Waals surface area contributed by atoms with Gasteiger partial charge in [-0.2, -0.15) is 0 Å². The van der Waals surface area contributed by atoms with Crippen LogP contribution in [-0.4, -0.2) is 25.6 Å². The predicted molar refractivity (Wildman–Crippen MR) is 80.7 cm³/mol. The van der Waals surface area contributed by atoms with Gasteiger partial charge in [0.05, 0.1) is 11.3 Å². The molecule has 2 N–H and O–H groups in total. The molecule has 0 saturated carbocycles. The second-order valence-corrected chi connectivity index (χ2v) is 5.56. The Morgan fingerprint density at radius 1 is 1.43 bits per heavy atom. The van der Waals surface area contributed by atoms with Crippen LogP contribution in [0.25, 0.3) is 5.69 Å². The summed E-state index contributed by atoms with van der Waals surface area (Å²) in [5.74, 6) is -1.03. The van der Waals surface area contributed by atoms with Crippen molar-refractivity contribution in [1.29, 1.82) is 0 Å². The SMILES string of the molecule is Cc1nc(C(=O)O)c(Nc2cccc(-n3ccnc3)c2)s1. The monoisotopic (exact) mass is 300 g/mol. The maximum Gasteiger partial charge on any atom is 0.357 e. The third kappa shape index (κ3) is 2.77. The first kappa shape index (κ1) is 13.3. The molecule has 0 atom stereocenters. The van der Waals surface area contributed by atoms with Crippen molar-refractivity contribution in [2.24, 2.45) is 0 Å². The number of anilines is 2. The van der Waals surface area contributed by atoms with E-state index in [9.17, 15) is 4.79 Å². The van der Waals surface area contributed by atoms with Crippen LogP contribution in [0.5, 0.6) is 0 Å². The quantitative estimate of drug-likeness (QED) is 0.774. The molecule has 0 aliphatic rings. The summed E-state index contributed by atoms with van der Waals surface area (Å²) in [4.78, 5) is 19.2. The van der Waals surface area contributed by atoms with Gasteiger partial charge in [-0.1, -0.05) is 6.07 Å². The van der Waals surface area contributed by atoms with Crippen LogP contribution in [0.1, 0.15) is 15.5 Å². The molecule has 106 valence electrons. The van der Waals surface area contributed by atoms with E-state index in [4.69, 9.17) is 5.11 Å². The van der Waals surface area contributed by atoms with Crippen LogP contribution in [0, 0.1) is 6.92 Å². The molecule has 3 aromatic rings. The molecule has 0 fully saturated rings. The van der Waals surface area contributed by atoms with Gasteiger partial charge in [0.2, 0.25) is 0 Å². The van der Waals surface area contributed by atoms with Gasteiger partial charge < -0.3 is 15.0 Å². The molecule has 0 aliphatic carbocycles. The van der Waals surface area contributed by atoms with Gasteiger partial charge in [0.1, 0.15) is 5.00 Å². The number of aryl methyl sites for hydroxylation is 1. The molecule has 0 saturated heterocycles. The van der Waals surface area contributed by atoms with Gasteiger partial charge in [-0.05, 0) is 25.1 Å². The molecule has 0 bridgehead atoms. The van der Waals surface area contributed by atoms with Crippen molar-refractivity contribution in [2.45, 2.75) is 6.92 Å². The Labute approximate surface area is 124 Å². The summed E-state index contributed by atoms with van der Waals surface area (Å²) in [5.41, 5.74) is 1.79. The van der Waals surface area contributed by atoms with Crippen LogP contribution in [0.4, 0.5) is 10.7 Å². The fraction of sp³-hybridized carbons (Fsp3) is 0.0714. The number of carbonyl (C=O) groups is 1. The largest absolute Gasteiger partial charge is 0.476 e. The number of nitrogens with zero attached hydrogens (tertiary/aromatic N) is 3. The first-order chi connectivity index (χ1) is 10.1. The molecule has 6 nitrogen and oxygen atoms in total. The highest BCUT2D eigenvalue weighted by atomic mass is 32.1. The molecular weight excluding hydrogens is 288 g/mol. The second-order valence-electron chi connectivity index (χ2n) is 4.36. The van der Waals surface area contributed by atoms with E-state index in [1.54, 1.807) is 19.4 Å². The van der Waals surface area contributed by atoms with Crippen LogP contribution in [0.15, 0.2) is 43.0 Å². The van der Waals surface area contributed by atoms with Crippen LogP contribution < -0.4 is 5.32 Å². The lowest BCUT2D eigenvalue weighted by atomic mass is 10.2. The van der Waals surface area contributed by atoms with E-state index in [0.29, 0.717) is 10.0 Å². The van der Waals surface area contributed by atoms with Crippen molar-refractivity contribution < 1.29 is 9.90 Å². The Hall–Kier alpha value is -2.67. The maximum atomic E-state index is 11.2. The smallest absolute Gasteiger partial charge is 0.357 e. The van der Waals surface area contributed by atoms with E-state index in [2.05, 4.69) is 15.3 Å². The number of carboxylic acids is 1. The van der Waals surface area contributed by atoms with Crippen molar-refractivity contribution in [3.8, 4) is 5.69 Å². The molecule has 0 aliphatic heterocycles. The standard InChI is InChI=1S/C14H12N4O2S/c1-9-16-12(14(19)20)13(21-9)17-10-3-2-4-11(7-10)18-6-5-15-8-18/h2-8,17H,1H3,(H,19,20). The Bertz CT molecular complexity index is 780. The molecule has 0 unspecified atom stereocenters. The number of benzene rings is 1. The first-order valence-corrected chi connectivity index (χ1v) is 7.01. The van der Waals surface area contributed by atoms with Gasteiger partial charge in [-0.15, -0.1) is 11.3 Å². The third-order valence-electron chi connectivity index (χ3n) is 2.84. The first-order valence-electron chi connectivity index (χ1n) is 6.19. The number of thiazole rings is 1. The van der Waals surface area contributed by atoms with E-state index in [1.807, 2.05) is 35.0 Å². The lowest BCUT2D eigenvalue weighted by Gasteiger charge is -2.07. The molecule has 3 rings (SSSR count). The molecule has 0 spiro atoms. The molecule has 7 heteroatoms. The normalized spacial score (nSPS) is 10.5. The Morgan fingerprint density at radius 3 is 3.00 bits per heavy atom. The minimum Gasteiger partial charge on any atom is -0.476 e. The molecular formula is C14H12N4O2S. The van der Waals surface area contributed by atoms with Crippen LogP contribution in [0.2, 0.25) is 0 Å². The molecule has 0 radical (unpaired) electrons. The van der Waals surface area contributed by atoms with Crippen molar-refractivity contribution >= 4 is 28.0 Å². The fourth-order valence-electron chi connectivity index (χ4n) is 1.94. The topological polar surface area (TPSA) is 80.0 Å². The van der Waals surface area contributed by atoms with Crippen LogP contribution in [0.3, 0.4) is 0 Å². The van der Waals surface area contributed by atoms with E-state index in [0.717, 1.165) is 11.4 Å². The molecule has 21 heavy (non-hydrogen) atoms. The molecule has 2 heterocycles. The highest BCUT2D eigenvalue weighted by Gasteiger charge is 2.16. The number of imidazole rings is 1. The maximum absolute atomic E-state index is 11.2. The number of nitrogens with one attached hydrogen (secondary N) is 1. The van der Waals surface area contributed by atoms with Crippen molar-refractivity contribution in [3.05, 3.63) is 53.7 Å². The summed E-state index contributed by atoms with van der Waals surface area (Å²) in [5, 5.41) is 13.5.